The second-order valence-electron chi connectivity index (χ2n) is 4.05. The molecule has 0 bridgehead atoms. The highest BCUT2D eigenvalue weighted by Crippen LogP contribution is 2.19. The molecule has 0 radical (unpaired) electrons. The topological polar surface area (TPSA) is 134 Å². The standard InChI is InChI=1S/C12H12N4O4/c13-7(5-17)12(20)16-9-8(10(18)11(9)19)15-6-1-3-14-4-2-6/h1-4,7,17H,5,13H2,(H,14,15)(H,16,20)/t7-/m0/s1. The minimum atomic E-state index is -1.16. The van der Waals surface area contributed by atoms with Gasteiger partial charge in [0.05, 0.1) is 6.61 Å². The van der Waals surface area contributed by atoms with Crippen LogP contribution in [0.2, 0.25) is 0 Å². The summed E-state index contributed by atoms with van der Waals surface area (Å²) in [6.07, 6.45) is 3.02. The highest BCUT2D eigenvalue weighted by Gasteiger charge is 2.24. The van der Waals surface area contributed by atoms with E-state index in [1.54, 1.807) is 12.1 Å². The molecule has 2 rings (SSSR count). The normalized spacial score (nSPS) is 12.1. The van der Waals surface area contributed by atoms with Crippen molar-refractivity contribution in [3.63, 3.8) is 0 Å². The van der Waals surface area contributed by atoms with E-state index in [0.717, 1.165) is 0 Å². The molecule has 1 aromatic heterocycles. The fourth-order valence-corrected chi connectivity index (χ4v) is 1.51. The largest absolute Gasteiger partial charge is 0.394 e. The van der Waals surface area contributed by atoms with E-state index in [-0.39, 0.29) is 11.4 Å². The van der Waals surface area contributed by atoms with E-state index in [4.69, 9.17) is 10.8 Å². The highest BCUT2D eigenvalue weighted by atomic mass is 16.3. The molecule has 8 heteroatoms. The van der Waals surface area contributed by atoms with Crippen molar-refractivity contribution in [3.8, 4) is 0 Å². The van der Waals surface area contributed by atoms with Gasteiger partial charge in [0.25, 0.3) is 10.9 Å². The van der Waals surface area contributed by atoms with Crippen LogP contribution in [0.3, 0.4) is 0 Å². The van der Waals surface area contributed by atoms with Gasteiger partial charge >= 0.3 is 0 Å². The number of pyridine rings is 1. The number of nitrogens with zero attached hydrogens (tertiary/aromatic N) is 1. The van der Waals surface area contributed by atoms with E-state index < -0.39 is 29.4 Å². The summed E-state index contributed by atoms with van der Waals surface area (Å²) in [5, 5.41) is 13.7. The van der Waals surface area contributed by atoms with Gasteiger partial charge in [0.2, 0.25) is 5.91 Å². The smallest absolute Gasteiger partial charge is 0.253 e. The Bertz CT molecular complexity index is 691. The SMILES string of the molecule is N[C@@H](CO)C(=O)Nc1c(Nc2ccncc2)c(=O)c1=O. The Balaban J connectivity index is 2.20. The van der Waals surface area contributed by atoms with Crippen LogP contribution >= 0.6 is 0 Å². The van der Waals surface area contributed by atoms with Gasteiger partial charge in [-0.3, -0.25) is 19.4 Å². The van der Waals surface area contributed by atoms with E-state index in [1.165, 1.54) is 12.4 Å². The number of aliphatic hydroxyl groups is 1. The first-order chi connectivity index (χ1) is 9.54. The molecule has 0 aliphatic heterocycles. The molecule has 1 heterocycles. The van der Waals surface area contributed by atoms with Crippen LogP contribution < -0.4 is 27.2 Å². The van der Waals surface area contributed by atoms with Crippen molar-refractivity contribution in [2.24, 2.45) is 5.73 Å². The predicted octanol–water partition coefficient (Wildman–Crippen LogP) is -1.32. The van der Waals surface area contributed by atoms with E-state index in [0.29, 0.717) is 5.69 Å². The van der Waals surface area contributed by atoms with Crippen molar-refractivity contribution in [3.05, 3.63) is 45.0 Å². The Labute approximate surface area is 113 Å². The molecule has 0 aliphatic carbocycles. The summed E-state index contributed by atoms with van der Waals surface area (Å²) in [6.45, 7) is -0.561. The maximum atomic E-state index is 11.5. The zero-order valence-electron chi connectivity index (χ0n) is 10.3. The Hall–Kier alpha value is -2.58. The molecular weight excluding hydrogens is 264 g/mol. The van der Waals surface area contributed by atoms with Crippen molar-refractivity contribution in [2.45, 2.75) is 6.04 Å². The maximum absolute atomic E-state index is 11.5. The van der Waals surface area contributed by atoms with Crippen LogP contribution in [0.5, 0.6) is 0 Å². The van der Waals surface area contributed by atoms with Gasteiger partial charge in [0, 0.05) is 18.1 Å². The fraction of sp³-hybridized carbons (Fsp3) is 0.167. The number of amides is 1. The first-order valence-electron chi connectivity index (χ1n) is 5.72. The van der Waals surface area contributed by atoms with Gasteiger partial charge in [0.15, 0.2) is 0 Å². The molecule has 1 amide bonds. The molecule has 1 atom stereocenters. The van der Waals surface area contributed by atoms with Crippen LogP contribution in [0, 0.1) is 0 Å². The molecule has 20 heavy (non-hydrogen) atoms. The quantitative estimate of drug-likeness (QED) is 0.497. The maximum Gasteiger partial charge on any atom is 0.253 e. The van der Waals surface area contributed by atoms with Crippen molar-refractivity contribution in [1.29, 1.82) is 0 Å². The summed E-state index contributed by atoms with van der Waals surface area (Å²) in [5.41, 5.74) is 4.16. The first-order valence-corrected chi connectivity index (χ1v) is 5.72. The minimum Gasteiger partial charge on any atom is -0.394 e. The van der Waals surface area contributed by atoms with Crippen molar-refractivity contribution < 1.29 is 9.90 Å². The average Bonchev–Trinajstić information content (AvgIpc) is 2.50. The van der Waals surface area contributed by atoms with Gasteiger partial charge in [-0.2, -0.15) is 0 Å². The lowest BCUT2D eigenvalue weighted by molar-refractivity contribution is -0.118. The molecule has 0 saturated heterocycles. The third-order valence-electron chi connectivity index (χ3n) is 2.64. The van der Waals surface area contributed by atoms with Crippen LogP contribution in [-0.2, 0) is 4.79 Å². The minimum absolute atomic E-state index is 0.0142. The number of hydrogen-bond donors (Lipinski definition) is 4. The molecule has 8 nitrogen and oxygen atoms in total. The predicted molar refractivity (Wildman–Crippen MR) is 72.6 cm³/mol. The number of nitrogens with two attached hydrogens (primary N) is 1. The molecule has 0 aliphatic rings. The number of carbonyl (C=O) groups excluding carboxylic acids is 1. The molecule has 0 saturated carbocycles. The number of aliphatic hydroxyl groups excluding tert-OH is 1. The molecule has 0 fully saturated rings. The monoisotopic (exact) mass is 276 g/mol. The first kappa shape index (κ1) is 13.8. The average molecular weight is 276 g/mol. The van der Waals surface area contributed by atoms with Gasteiger partial charge in [-0.05, 0) is 12.1 Å². The number of aromatic nitrogens is 1. The molecule has 104 valence electrons. The van der Waals surface area contributed by atoms with Crippen molar-refractivity contribution >= 4 is 23.0 Å². The number of nitrogens with one attached hydrogen (secondary N) is 2. The fourth-order valence-electron chi connectivity index (χ4n) is 1.51. The van der Waals surface area contributed by atoms with Gasteiger partial charge in [0.1, 0.15) is 17.4 Å². The van der Waals surface area contributed by atoms with Crippen molar-refractivity contribution in [1.82, 2.24) is 4.98 Å². The molecule has 5 N–H and O–H groups in total. The van der Waals surface area contributed by atoms with E-state index in [1.807, 2.05) is 0 Å². The van der Waals surface area contributed by atoms with Crippen LogP contribution in [0.15, 0.2) is 34.1 Å². The highest BCUT2D eigenvalue weighted by molar-refractivity contribution is 5.99. The van der Waals surface area contributed by atoms with E-state index in [2.05, 4.69) is 15.6 Å². The lowest BCUT2D eigenvalue weighted by Gasteiger charge is -2.15. The number of carbonyl (C=O) groups is 1. The summed E-state index contributed by atoms with van der Waals surface area (Å²) in [5.74, 6) is -0.739. The summed E-state index contributed by atoms with van der Waals surface area (Å²) < 4.78 is 0. The molecule has 0 unspecified atom stereocenters. The Morgan fingerprint density at radius 3 is 2.45 bits per heavy atom. The second-order valence-corrected chi connectivity index (χ2v) is 4.05. The van der Waals surface area contributed by atoms with Crippen LogP contribution in [0.1, 0.15) is 0 Å². The van der Waals surface area contributed by atoms with Crippen molar-refractivity contribution in [2.75, 3.05) is 17.2 Å². The zero-order chi connectivity index (χ0) is 14.7. The lowest BCUT2D eigenvalue weighted by Crippen LogP contribution is -2.44. The molecular formula is C12H12N4O4. The number of hydrogen-bond acceptors (Lipinski definition) is 7. The summed E-state index contributed by atoms with van der Waals surface area (Å²) in [4.78, 5) is 38.2. The summed E-state index contributed by atoms with van der Waals surface area (Å²) >= 11 is 0. The van der Waals surface area contributed by atoms with Gasteiger partial charge in [-0.25, -0.2) is 0 Å². The number of anilines is 3. The third kappa shape index (κ3) is 2.56. The van der Waals surface area contributed by atoms with Crippen LogP contribution in [-0.4, -0.2) is 28.6 Å². The summed E-state index contributed by atoms with van der Waals surface area (Å²) in [7, 11) is 0. The molecule has 2 aromatic rings. The van der Waals surface area contributed by atoms with E-state index >= 15 is 0 Å². The Kier molecular flexibility index (Phi) is 3.87. The zero-order valence-corrected chi connectivity index (χ0v) is 10.3. The van der Waals surface area contributed by atoms with Crippen LogP contribution in [0.25, 0.3) is 0 Å². The third-order valence-corrected chi connectivity index (χ3v) is 2.64. The molecule has 0 spiro atoms. The Morgan fingerprint density at radius 1 is 1.25 bits per heavy atom. The lowest BCUT2D eigenvalue weighted by atomic mass is 10.1. The molecule has 1 aromatic carbocycles. The van der Waals surface area contributed by atoms with Gasteiger partial charge < -0.3 is 21.5 Å². The Morgan fingerprint density at radius 2 is 1.85 bits per heavy atom. The van der Waals surface area contributed by atoms with Crippen LogP contribution in [0.4, 0.5) is 17.1 Å². The summed E-state index contributed by atoms with van der Waals surface area (Å²) in [6, 6.07) is 2.04. The second kappa shape index (κ2) is 5.59. The van der Waals surface area contributed by atoms with Gasteiger partial charge in [-0.1, -0.05) is 0 Å². The van der Waals surface area contributed by atoms with E-state index in [9.17, 15) is 14.4 Å². The number of rotatable bonds is 5. The van der Waals surface area contributed by atoms with Gasteiger partial charge in [-0.15, -0.1) is 0 Å².